The first-order valence-electron chi connectivity index (χ1n) is 25.6. The second-order valence-electron chi connectivity index (χ2n) is 17.3. The predicted molar refractivity (Wildman–Crippen MR) is 291 cm³/mol. The third kappa shape index (κ3) is 37.7. The highest BCUT2D eigenvalue weighted by molar-refractivity contribution is 9.10. The van der Waals surface area contributed by atoms with Crippen molar-refractivity contribution in [2.45, 2.75) is 115 Å². The van der Waals surface area contributed by atoms with Gasteiger partial charge in [0.2, 0.25) is 47.3 Å². The van der Waals surface area contributed by atoms with Crippen LogP contribution < -0.4 is 58.2 Å². The molecule has 0 aliphatic heterocycles. The van der Waals surface area contributed by atoms with Gasteiger partial charge in [-0.05, 0) is 62.8 Å². The number of thioether (sulfide) groups is 1. The summed E-state index contributed by atoms with van der Waals surface area (Å²) in [4.78, 5) is 143. The molecule has 0 aromatic heterocycles. The first-order valence-corrected chi connectivity index (χ1v) is 27.4. The summed E-state index contributed by atoms with van der Waals surface area (Å²) in [6.45, 7) is 4.36. The lowest BCUT2D eigenvalue weighted by Crippen LogP contribution is -2.50. The van der Waals surface area contributed by atoms with Gasteiger partial charge in [-0.3, -0.25) is 57.9 Å². The summed E-state index contributed by atoms with van der Waals surface area (Å²) >= 11 is 3.69. The first kappa shape index (κ1) is 70.3. The van der Waals surface area contributed by atoms with Crippen LogP contribution in [0, 0.1) is 0 Å². The van der Waals surface area contributed by atoms with E-state index in [9.17, 15) is 73.0 Å². The maximum Gasteiger partial charge on any atom is 0.322 e. The number of amides is 9. The maximum absolute atomic E-state index is 12.8. The van der Waals surface area contributed by atoms with Crippen molar-refractivity contribution in [2.75, 3.05) is 76.3 Å². The molecule has 9 amide bonds. The van der Waals surface area contributed by atoms with Crippen molar-refractivity contribution in [1.82, 2.24) is 53.2 Å². The van der Waals surface area contributed by atoms with E-state index in [1.54, 1.807) is 12.1 Å². The number of allylic oxidation sites excluding steroid dienone is 1. The number of carboxylic acid groups (broad SMARTS) is 2. The molecule has 28 nitrogen and oxygen atoms in total. The van der Waals surface area contributed by atoms with Crippen molar-refractivity contribution in [2.24, 2.45) is 0 Å². The lowest BCUT2D eigenvalue weighted by Gasteiger charge is -2.20. The largest absolute Gasteiger partial charge is 0.480 e. The number of hydrogen-bond donors (Lipinski definition) is 14. The average Bonchev–Trinajstić information content (AvgIpc) is 3.40. The van der Waals surface area contributed by atoms with Gasteiger partial charge in [0.1, 0.15) is 24.9 Å². The van der Waals surface area contributed by atoms with E-state index < -0.39 is 77.9 Å². The zero-order chi connectivity index (χ0) is 58.8. The molecular formula is C49H76BrN11O17S. The third-order valence-electron chi connectivity index (χ3n) is 10.8. The Kier molecular flexibility index (Phi) is 38.4. The van der Waals surface area contributed by atoms with Gasteiger partial charge in [-0.15, -0.1) is 0 Å². The number of nitrogens with zero attached hydrogens (tertiary/aromatic N) is 1. The Bertz CT molecular complexity index is 2140. The predicted octanol–water partition coefficient (Wildman–Crippen LogP) is -0.588. The Morgan fingerprint density at radius 3 is 1.62 bits per heavy atom. The fourth-order valence-corrected chi connectivity index (χ4v) is 7.58. The fraction of sp³-hybridized carbons (Fsp3) is 0.592. The summed E-state index contributed by atoms with van der Waals surface area (Å²) in [7, 11) is 0. The lowest BCUT2D eigenvalue weighted by molar-refractivity contribution is -0.140. The molecular weight excluding hydrogens is 1130 g/mol. The zero-order valence-electron chi connectivity index (χ0n) is 44.0. The van der Waals surface area contributed by atoms with E-state index in [2.05, 4.69) is 75.7 Å². The van der Waals surface area contributed by atoms with Gasteiger partial charge in [-0.25, -0.2) is 0 Å². The summed E-state index contributed by atoms with van der Waals surface area (Å²) in [6.07, 6.45) is 2.71. The lowest BCUT2D eigenvalue weighted by atomic mass is 10.1. The normalized spacial score (nSPS) is 11.8. The Morgan fingerprint density at radius 1 is 0.595 bits per heavy atom. The highest BCUT2D eigenvalue weighted by Gasteiger charge is 2.26. The number of aliphatic hydroxyl groups is 1. The molecule has 14 N–H and O–H groups in total. The second-order valence-corrected chi connectivity index (χ2v) is 19.2. The summed E-state index contributed by atoms with van der Waals surface area (Å²) < 4.78 is 5.93. The number of ether oxygens (including phenoxy) is 1. The van der Waals surface area contributed by atoms with Crippen molar-refractivity contribution in [3.8, 4) is 0 Å². The fourth-order valence-electron chi connectivity index (χ4n) is 6.55. The molecule has 1 aromatic rings. The maximum atomic E-state index is 12.8. The van der Waals surface area contributed by atoms with Crippen molar-refractivity contribution in [3.05, 3.63) is 41.0 Å². The van der Waals surface area contributed by atoms with Gasteiger partial charge in [0.25, 0.3) is 0 Å². The van der Waals surface area contributed by atoms with E-state index in [-0.39, 0.29) is 114 Å². The minimum absolute atomic E-state index is 0.00171. The second kappa shape index (κ2) is 43.2. The molecule has 0 aliphatic rings. The van der Waals surface area contributed by atoms with Crippen LogP contribution in [-0.2, 0) is 57.5 Å². The van der Waals surface area contributed by atoms with Crippen LogP contribution in [0.4, 0.5) is 10.5 Å². The van der Waals surface area contributed by atoms with Crippen LogP contribution in [0.25, 0.3) is 0 Å². The summed E-state index contributed by atoms with van der Waals surface area (Å²) in [5.41, 5.74) is 0.886. The zero-order valence-corrected chi connectivity index (χ0v) is 46.4. The SMILES string of the molecule is C=C(CCCCC(=O)NCCC(=O)NCCC(=O)NCCC(=O)NCCOC(O)CCNC(CCC(=O)NC(CSC(=O)N(O)c1ccc(Br)cc1)C(=O)NCC(=O)O)C(=O)O)NCCNC(=O)CCCCC(=O)NCCC=O. The number of hydroxylamine groups is 1. The monoisotopic (exact) mass is 1200 g/mol. The Morgan fingerprint density at radius 2 is 1.09 bits per heavy atom. The number of halogens is 1. The van der Waals surface area contributed by atoms with E-state index >= 15 is 0 Å². The van der Waals surface area contributed by atoms with E-state index in [0.29, 0.717) is 85.9 Å². The van der Waals surface area contributed by atoms with Crippen LogP contribution in [-0.4, -0.2) is 181 Å². The van der Waals surface area contributed by atoms with Crippen molar-refractivity contribution < 1.29 is 82.8 Å². The van der Waals surface area contributed by atoms with Gasteiger partial charge in [0.05, 0.1) is 12.3 Å². The average molecular weight is 1200 g/mol. The highest BCUT2D eigenvalue weighted by atomic mass is 79.9. The molecule has 0 saturated heterocycles. The molecule has 0 saturated carbocycles. The number of hydrogen-bond acceptors (Lipinski definition) is 18. The Labute approximate surface area is 470 Å². The number of carbonyl (C=O) groups excluding carboxylic acids is 10. The van der Waals surface area contributed by atoms with Crippen LogP contribution >= 0.6 is 27.7 Å². The number of unbranched alkanes of at least 4 members (excludes halogenated alkanes) is 2. The topological polar surface area (TPSA) is 419 Å². The van der Waals surface area contributed by atoms with Gasteiger partial charge in [-0.2, -0.15) is 5.06 Å². The molecule has 442 valence electrons. The van der Waals surface area contributed by atoms with Crippen LogP contribution in [0.2, 0.25) is 0 Å². The molecule has 30 heteroatoms. The van der Waals surface area contributed by atoms with Gasteiger partial charge in [0, 0.05) is 126 Å². The van der Waals surface area contributed by atoms with Crippen molar-refractivity contribution in [1.29, 1.82) is 0 Å². The van der Waals surface area contributed by atoms with Crippen molar-refractivity contribution >= 4 is 104 Å². The molecule has 1 rings (SSSR count). The number of carbonyl (C=O) groups is 12. The minimum Gasteiger partial charge on any atom is -0.480 e. The molecule has 3 atom stereocenters. The van der Waals surface area contributed by atoms with E-state index in [1.165, 1.54) is 12.1 Å². The standard InChI is InChI=1S/C49H76BrN11O17S/c1-33(51-26-27-57-40(65)10-5-4-9-38(63)53-21-6-29-62)7-2-3-8-39(64)54-22-17-41(66)55-23-18-42(67)56-24-19-43(68)58-28-30-78-46(72)20-25-52-36(48(74)75)15-16-44(69)60-37(47(73)59-31-45(70)71)32-79-49(76)61(77)35-13-11-34(50)12-14-35/h11-14,29,36-37,46,51-52,72,77H,1-10,15-28,30-32H2,(H,53,63)(H,54,64)(H,55,66)(H,56,67)(H,57,65)(H,58,68)(H,59,73)(H,60,69)(H,70,71)(H,74,75). The molecule has 79 heavy (non-hydrogen) atoms. The van der Waals surface area contributed by atoms with E-state index in [0.717, 1.165) is 12.0 Å². The van der Waals surface area contributed by atoms with E-state index in [1.807, 2.05) is 0 Å². The number of rotatable bonds is 45. The third-order valence-corrected chi connectivity index (χ3v) is 12.2. The molecule has 0 heterocycles. The molecule has 3 unspecified atom stereocenters. The molecule has 0 radical (unpaired) electrons. The summed E-state index contributed by atoms with van der Waals surface area (Å²) in [5.74, 6) is -6.51. The quantitative estimate of drug-likeness (QED) is 0.0128. The number of benzene rings is 1. The number of aliphatic hydroxyl groups excluding tert-OH is 1. The van der Waals surface area contributed by atoms with Crippen molar-refractivity contribution in [3.63, 3.8) is 0 Å². The summed E-state index contributed by atoms with van der Waals surface area (Å²) in [6, 6.07) is 3.30. The smallest absolute Gasteiger partial charge is 0.322 e. The van der Waals surface area contributed by atoms with Crippen LogP contribution in [0.5, 0.6) is 0 Å². The highest BCUT2D eigenvalue weighted by Crippen LogP contribution is 2.21. The van der Waals surface area contributed by atoms with Gasteiger partial charge in [0.15, 0.2) is 6.29 Å². The van der Waals surface area contributed by atoms with E-state index in [4.69, 9.17) is 9.84 Å². The minimum atomic E-state index is -1.44. The van der Waals surface area contributed by atoms with Crippen LogP contribution in [0.3, 0.4) is 0 Å². The van der Waals surface area contributed by atoms with Gasteiger partial charge < -0.3 is 78.0 Å². The Hall–Kier alpha value is -6.73. The van der Waals surface area contributed by atoms with Gasteiger partial charge >= 0.3 is 17.2 Å². The number of carboxylic acids is 2. The molecule has 0 bridgehead atoms. The van der Waals surface area contributed by atoms with Crippen LogP contribution in [0.15, 0.2) is 41.0 Å². The first-order chi connectivity index (χ1) is 37.7. The number of nitrogens with one attached hydrogen (secondary N) is 10. The molecule has 0 spiro atoms. The summed E-state index contributed by atoms with van der Waals surface area (Å²) in [5, 5.41) is 64.6. The van der Waals surface area contributed by atoms with Crippen LogP contribution in [0.1, 0.15) is 96.3 Å². The number of aliphatic carboxylic acids is 2. The molecule has 1 aromatic carbocycles. The molecule has 0 fully saturated rings. The number of aldehydes is 1. The van der Waals surface area contributed by atoms with Gasteiger partial charge in [-0.1, -0.05) is 34.3 Å². The molecule has 0 aliphatic carbocycles. The number of anilines is 1. The Balaban J connectivity index is 2.16.